The molecule has 0 bridgehead atoms. The Morgan fingerprint density at radius 2 is 1.62 bits per heavy atom. The predicted molar refractivity (Wildman–Crippen MR) is 85.9 cm³/mol. The molecule has 2 aromatic carbocycles. The predicted octanol–water partition coefficient (Wildman–Crippen LogP) is 4.07. The summed E-state index contributed by atoms with van der Waals surface area (Å²) in [5, 5.41) is 0. The molecule has 0 spiro atoms. The van der Waals surface area contributed by atoms with Crippen LogP contribution in [0.15, 0.2) is 54.6 Å². The summed E-state index contributed by atoms with van der Waals surface area (Å²) in [5.74, 6) is 0.409. The fourth-order valence-corrected chi connectivity index (χ4v) is 2.85. The Bertz CT molecular complexity index is 659. The van der Waals surface area contributed by atoms with E-state index in [4.69, 9.17) is 4.74 Å². The second-order valence-corrected chi connectivity index (χ2v) is 8.89. The first-order chi connectivity index (χ1) is 9.96. The Morgan fingerprint density at radius 1 is 1.00 bits per heavy atom. The maximum absolute atomic E-state index is 12.2. The van der Waals surface area contributed by atoms with E-state index in [1.807, 2.05) is 36.4 Å². The Labute approximate surface area is 125 Å². The molecule has 0 amide bonds. The van der Waals surface area contributed by atoms with Gasteiger partial charge in [-0.1, -0.05) is 42.5 Å². The van der Waals surface area contributed by atoms with E-state index in [0.29, 0.717) is 17.9 Å². The van der Waals surface area contributed by atoms with Crippen LogP contribution in [-0.2, 0) is 11.2 Å². The van der Waals surface area contributed by atoms with E-state index < -0.39 is 7.14 Å². The minimum Gasteiger partial charge on any atom is -0.488 e. The lowest BCUT2D eigenvalue weighted by atomic mass is 10.1. The van der Waals surface area contributed by atoms with E-state index in [0.717, 1.165) is 5.56 Å². The van der Waals surface area contributed by atoms with E-state index in [1.165, 1.54) is 0 Å². The van der Waals surface area contributed by atoms with Gasteiger partial charge in [0.05, 0.1) is 18.9 Å². The summed E-state index contributed by atoms with van der Waals surface area (Å²) in [7, 11) is -2.39. The fraction of sp³-hybridized carbons (Fsp3) is 0.235. The highest BCUT2D eigenvalue weighted by atomic mass is 31.2. The zero-order valence-corrected chi connectivity index (χ0v) is 13.2. The topological polar surface area (TPSA) is 43.4 Å². The summed E-state index contributed by atoms with van der Waals surface area (Å²) in [4.78, 5) is 12.2. The molecule has 3 nitrogen and oxygen atoms in total. The zero-order chi connectivity index (χ0) is 15.3. The van der Waals surface area contributed by atoms with Crippen molar-refractivity contribution in [3.8, 4) is 5.75 Å². The van der Waals surface area contributed by atoms with Crippen LogP contribution in [0.5, 0.6) is 5.75 Å². The molecule has 0 N–H and O–H groups in total. The van der Waals surface area contributed by atoms with Gasteiger partial charge in [-0.3, -0.25) is 4.79 Å². The maximum atomic E-state index is 12.2. The van der Waals surface area contributed by atoms with Gasteiger partial charge >= 0.3 is 0 Å². The quantitative estimate of drug-likeness (QED) is 0.596. The highest BCUT2D eigenvalue weighted by molar-refractivity contribution is 7.63. The number of hydrogen-bond acceptors (Lipinski definition) is 3. The van der Waals surface area contributed by atoms with Gasteiger partial charge in [0.2, 0.25) is 0 Å². The second-order valence-electron chi connectivity index (χ2n) is 5.43. The second kappa shape index (κ2) is 6.73. The molecule has 0 aliphatic rings. The van der Waals surface area contributed by atoms with Crippen molar-refractivity contribution in [1.82, 2.24) is 0 Å². The van der Waals surface area contributed by atoms with Crippen molar-refractivity contribution in [2.45, 2.75) is 6.61 Å². The summed E-state index contributed by atoms with van der Waals surface area (Å²) in [6, 6.07) is 16.9. The molecule has 2 aromatic rings. The third-order valence-electron chi connectivity index (χ3n) is 2.95. The standard InChI is InChI=1S/C17H19O3P/c1-21(2,19)13-16(18)15-10-6-7-11-17(15)20-12-14-8-4-3-5-9-14/h3-11H,12-13H2,1-2H3. The summed E-state index contributed by atoms with van der Waals surface area (Å²) >= 11 is 0. The van der Waals surface area contributed by atoms with Gasteiger partial charge in [-0.15, -0.1) is 0 Å². The molecule has 0 aliphatic heterocycles. The van der Waals surface area contributed by atoms with Gasteiger partial charge in [-0.25, -0.2) is 0 Å². The molecule has 4 heteroatoms. The molecule has 110 valence electrons. The van der Waals surface area contributed by atoms with Crippen LogP contribution in [0.4, 0.5) is 0 Å². The number of para-hydroxylation sites is 1. The van der Waals surface area contributed by atoms with Gasteiger partial charge in [-0.2, -0.15) is 0 Å². The third kappa shape index (κ3) is 4.87. The van der Waals surface area contributed by atoms with E-state index in [-0.39, 0.29) is 11.9 Å². The lowest BCUT2D eigenvalue weighted by molar-refractivity contribution is 0.101. The smallest absolute Gasteiger partial charge is 0.173 e. The van der Waals surface area contributed by atoms with Gasteiger partial charge < -0.3 is 9.30 Å². The zero-order valence-electron chi connectivity index (χ0n) is 12.3. The molecular formula is C17H19O3P. The van der Waals surface area contributed by atoms with E-state index in [9.17, 15) is 9.36 Å². The molecule has 0 aromatic heterocycles. The van der Waals surface area contributed by atoms with Crippen LogP contribution >= 0.6 is 7.14 Å². The summed E-state index contributed by atoms with van der Waals surface area (Å²) in [6.07, 6.45) is 0.0682. The first-order valence-electron chi connectivity index (χ1n) is 6.79. The Kier molecular flexibility index (Phi) is 4.98. The summed E-state index contributed by atoms with van der Waals surface area (Å²) in [6.45, 7) is 3.65. The highest BCUT2D eigenvalue weighted by Gasteiger charge is 2.18. The van der Waals surface area contributed by atoms with Crippen molar-refractivity contribution >= 4 is 12.9 Å². The van der Waals surface area contributed by atoms with Crippen molar-refractivity contribution in [2.75, 3.05) is 19.5 Å². The number of carbonyl (C=O) groups excluding carboxylic acids is 1. The van der Waals surface area contributed by atoms with Gasteiger partial charge in [0.25, 0.3) is 0 Å². The van der Waals surface area contributed by atoms with Crippen LogP contribution < -0.4 is 4.74 Å². The van der Waals surface area contributed by atoms with Crippen LogP contribution in [-0.4, -0.2) is 25.3 Å². The Hall–Kier alpha value is -1.86. The molecule has 0 saturated heterocycles. The molecule has 0 fully saturated rings. The number of hydrogen-bond donors (Lipinski definition) is 0. The van der Waals surface area contributed by atoms with Crippen molar-refractivity contribution in [1.29, 1.82) is 0 Å². The first kappa shape index (κ1) is 15.5. The monoisotopic (exact) mass is 302 g/mol. The largest absolute Gasteiger partial charge is 0.488 e. The lowest BCUT2D eigenvalue weighted by Crippen LogP contribution is -2.08. The normalized spacial score (nSPS) is 11.1. The van der Waals surface area contributed by atoms with Crippen LogP contribution in [0, 0.1) is 0 Å². The molecule has 0 saturated carbocycles. The fourth-order valence-electron chi connectivity index (χ4n) is 1.99. The van der Waals surface area contributed by atoms with Crippen molar-refractivity contribution in [2.24, 2.45) is 0 Å². The lowest BCUT2D eigenvalue weighted by Gasteiger charge is -2.12. The average molecular weight is 302 g/mol. The average Bonchev–Trinajstić information content (AvgIpc) is 2.45. The molecule has 21 heavy (non-hydrogen) atoms. The molecule has 2 rings (SSSR count). The Morgan fingerprint density at radius 3 is 2.29 bits per heavy atom. The Balaban J connectivity index is 2.13. The van der Waals surface area contributed by atoms with E-state index in [1.54, 1.807) is 31.5 Å². The molecule has 0 heterocycles. The number of ether oxygens (including phenoxy) is 1. The third-order valence-corrected chi connectivity index (χ3v) is 4.00. The first-order valence-corrected chi connectivity index (χ1v) is 9.57. The van der Waals surface area contributed by atoms with Gasteiger partial charge in [0.1, 0.15) is 12.4 Å². The number of carbonyl (C=O) groups is 1. The molecular weight excluding hydrogens is 283 g/mol. The van der Waals surface area contributed by atoms with Crippen molar-refractivity contribution in [3.05, 3.63) is 65.7 Å². The minimum atomic E-state index is -2.39. The summed E-state index contributed by atoms with van der Waals surface area (Å²) < 4.78 is 17.6. The van der Waals surface area contributed by atoms with Crippen molar-refractivity contribution in [3.63, 3.8) is 0 Å². The van der Waals surface area contributed by atoms with E-state index >= 15 is 0 Å². The summed E-state index contributed by atoms with van der Waals surface area (Å²) in [5.41, 5.74) is 1.54. The number of Topliss-reactive ketones (excluding diaryl/α,β-unsaturated/α-hetero) is 1. The number of benzene rings is 2. The van der Waals surface area contributed by atoms with Crippen LogP contribution in [0.1, 0.15) is 15.9 Å². The van der Waals surface area contributed by atoms with Gasteiger partial charge in [-0.05, 0) is 31.0 Å². The molecule has 0 unspecified atom stereocenters. The molecule has 0 aliphatic carbocycles. The van der Waals surface area contributed by atoms with Crippen LogP contribution in [0.25, 0.3) is 0 Å². The number of rotatable bonds is 6. The van der Waals surface area contributed by atoms with Gasteiger partial charge in [0.15, 0.2) is 5.78 Å². The molecule has 0 atom stereocenters. The minimum absolute atomic E-state index is 0.0682. The highest BCUT2D eigenvalue weighted by Crippen LogP contribution is 2.37. The SMILES string of the molecule is CP(C)(=O)CC(=O)c1ccccc1OCc1ccccc1. The molecule has 0 radical (unpaired) electrons. The van der Waals surface area contributed by atoms with Crippen molar-refractivity contribution < 1.29 is 14.1 Å². The van der Waals surface area contributed by atoms with Crippen LogP contribution in [0.2, 0.25) is 0 Å². The number of ketones is 1. The maximum Gasteiger partial charge on any atom is 0.173 e. The van der Waals surface area contributed by atoms with E-state index in [2.05, 4.69) is 0 Å². The van der Waals surface area contributed by atoms with Gasteiger partial charge in [0, 0.05) is 0 Å². The van der Waals surface area contributed by atoms with Crippen LogP contribution in [0.3, 0.4) is 0 Å².